The smallest absolute Gasteiger partial charge is 0.186 e. The Morgan fingerprint density at radius 3 is 2.45 bits per heavy atom. The van der Waals surface area contributed by atoms with Crippen molar-refractivity contribution in [1.29, 1.82) is 0 Å². The maximum absolute atomic E-state index is 13.6. The van der Waals surface area contributed by atoms with Crippen LogP contribution in [0.15, 0.2) is 97.2 Å². The number of nitrogen functional groups attached to an aromatic ring is 1. The summed E-state index contributed by atoms with van der Waals surface area (Å²) in [5.74, 6) is 2.42. The van der Waals surface area contributed by atoms with Gasteiger partial charge in [0.05, 0.1) is 13.0 Å². The number of aryl methyl sites for hydroxylation is 4. The standard InChI is InChI=1S/C55H70N4O7/c56-54-30-41(19-18-40-11-4-10-39(24-40)17-16-37-8-2-1-3-9-37)44(34-59-54)27-43-29-52(65)53(66-36-62)32-50(43)46(35-61)28-48(64)31-47(63)15-5-12-38(13-7-23-60)25-51-49-20-22-57-33-45(49)26-42-14-6-21-58-55(42)51/h1-4,6,8-11,14,24,28-30,32,34,38,42,45,49,51,55,57-58,60-62,65H,5,7,12-13,15-23,25-27,31,33,35-36H2,(H2,56,59)/b46-28+/t38-,42+,45+,49-,51+,55-/m1/s1. The van der Waals surface area contributed by atoms with E-state index >= 15 is 0 Å². The van der Waals surface area contributed by atoms with Gasteiger partial charge in [0, 0.05) is 31.8 Å². The Balaban J connectivity index is 1.00. The first-order valence-electron chi connectivity index (χ1n) is 24.2. The van der Waals surface area contributed by atoms with Gasteiger partial charge in [-0.15, -0.1) is 0 Å². The Morgan fingerprint density at radius 1 is 0.894 bits per heavy atom. The van der Waals surface area contributed by atoms with Gasteiger partial charge in [-0.25, -0.2) is 4.98 Å². The Bertz CT molecular complexity index is 2280. The molecule has 352 valence electrons. The van der Waals surface area contributed by atoms with Gasteiger partial charge in [-0.05, 0) is 182 Å². The zero-order valence-corrected chi connectivity index (χ0v) is 38.4. The Kier molecular flexibility index (Phi) is 18.1. The van der Waals surface area contributed by atoms with Gasteiger partial charge in [0.1, 0.15) is 11.6 Å². The number of carbonyl (C=O) groups excluding carboxylic acids is 2. The minimum Gasteiger partial charge on any atom is -0.504 e. The molecule has 3 heterocycles. The van der Waals surface area contributed by atoms with E-state index in [9.17, 15) is 30.0 Å². The number of carbonyl (C=O) groups is 2. The summed E-state index contributed by atoms with van der Waals surface area (Å²) in [5.41, 5.74) is 13.1. The van der Waals surface area contributed by atoms with Gasteiger partial charge in [-0.1, -0.05) is 73.2 Å². The largest absolute Gasteiger partial charge is 0.504 e. The van der Waals surface area contributed by atoms with Gasteiger partial charge in [0.2, 0.25) is 0 Å². The SMILES string of the molecule is Nc1cc(CCc2cccc(CCc3ccccc3)c2)c(Cc2cc(O)c(OCO)cc2/C(=C/C(=O)CC(=O)CCC[C@H](CCCO)C[C@H]2[C@@H]3CCNC[C@@H]3C[C@@H]3C=CCN[C@@H]23)CO)cn1. The van der Waals surface area contributed by atoms with Crippen molar-refractivity contribution in [2.75, 3.05) is 45.4 Å². The fourth-order valence-corrected chi connectivity index (χ4v) is 11.1. The monoisotopic (exact) mass is 899 g/mol. The van der Waals surface area contributed by atoms with E-state index in [2.05, 4.69) is 76.3 Å². The molecule has 66 heavy (non-hydrogen) atoms. The molecule has 2 aliphatic heterocycles. The van der Waals surface area contributed by atoms with E-state index in [1.807, 2.05) is 12.1 Å². The highest BCUT2D eigenvalue weighted by molar-refractivity contribution is 6.07. The number of benzene rings is 3. The van der Waals surface area contributed by atoms with Crippen molar-refractivity contribution in [2.45, 2.75) is 95.9 Å². The van der Waals surface area contributed by atoms with Crippen LogP contribution in [-0.4, -0.2) is 82.7 Å². The van der Waals surface area contributed by atoms with Crippen molar-refractivity contribution in [3.8, 4) is 11.5 Å². The van der Waals surface area contributed by atoms with Crippen molar-refractivity contribution < 1.29 is 34.8 Å². The second-order valence-electron chi connectivity index (χ2n) is 18.8. The Hall–Kier alpha value is -5.17. The lowest BCUT2D eigenvalue weighted by Crippen LogP contribution is -2.56. The number of aromatic nitrogens is 1. The highest BCUT2D eigenvalue weighted by atomic mass is 16.6. The molecule has 11 nitrogen and oxygen atoms in total. The van der Waals surface area contributed by atoms with Crippen LogP contribution in [0.25, 0.3) is 5.57 Å². The van der Waals surface area contributed by atoms with E-state index < -0.39 is 19.2 Å². The predicted molar refractivity (Wildman–Crippen MR) is 260 cm³/mol. The molecule has 11 heteroatoms. The molecule has 0 bridgehead atoms. The number of pyridine rings is 1. The lowest BCUT2D eigenvalue weighted by molar-refractivity contribution is -0.124. The predicted octanol–water partition coefficient (Wildman–Crippen LogP) is 7.10. The lowest BCUT2D eigenvalue weighted by Gasteiger charge is -2.51. The number of anilines is 1. The number of nitrogens with two attached hydrogens (primary N) is 1. The van der Waals surface area contributed by atoms with Crippen molar-refractivity contribution >= 4 is 23.0 Å². The first-order chi connectivity index (χ1) is 32.2. The van der Waals surface area contributed by atoms with Crippen molar-refractivity contribution in [2.24, 2.45) is 29.6 Å². The Labute approximate surface area is 390 Å². The summed E-state index contributed by atoms with van der Waals surface area (Å²) in [6.45, 7) is 1.99. The zero-order valence-electron chi connectivity index (χ0n) is 38.4. The van der Waals surface area contributed by atoms with Crippen molar-refractivity contribution in [3.05, 3.63) is 136 Å². The first-order valence-corrected chi connectivity index (χ1v) is 24.2. The summed E-state index contributed by atoms with van der Waals surface area (Å²) in [7, 11) is 0. The number of ether oxygens (including phenoxy) is 1. The number of aliphatic hydroxyl groups excluding tert-OH is 3. The number of fused-ring (bicyclic) bond motifs is 2. The number of hydrogen-bond acceptors (Lipinski definition) is 11. The third kappa shape index (κ3) is 13.5. The number of aliphatic hydroxyl groups is 3. The maximum Gasteiger partial charge on any atom is 0.186 e. The minimum atomic E-state index is -0.688. The number of hydrogen-bond donors (Lipinski definition) is 7. The normalized spacial score (nSPS) is 20.9. The summed E-state index contributed by atoms with van der Waals surface area (Å²) in [5, 5.41) is 48.5. The second kappa shape index (κ2) is 24.6. The number of phenols is 1. The average Bonchev–Trinajstić information content (AvgIpc) is 3.33. The number of aromatic hydroxyl groups is 1. The average molecular weight is 899 g/mol. The maximum atomic E-state index is 13.6. The number of phenolic OH excluding ortho intramolecular Hbond substituents is 1. The number of nitrogens with one attached hydrogen (secondary N) is 2. The van der Waals surface area contributed by atoms with Gasteiger partial charge in [0.25, 0.3) is 0 Å². The molecule has 4 aromatic rings. The summed E-state index contributed by atoms with van der Waals surface area (Å²) in [6, 6.07) is 24.4. The van der Waals surface area contributed by atoms with Gasteiger partial charge in [0.15, 0.2) is 24.1 Å². The summed E-state index contributed by atoms with van der Waals surface area (Å²) in [6.07, 6.45) is 18.0. The van der Waals surface area contributed by atoms with Crippen LogP contribution in [0.2, 0.25) is 0 Å². The summed E-state index contributed by atoms with van der Waals surface area (Å²) >= 11 is 0. The number of ketones is 2. The van der Waals surface area contributed by atoms with E-state index in [0.29, 0.717) is 65.4 Å². The number of piperidine rings is 1. The van der Waals surface area contributed by atoms with E-state index in [4.69, 9.17) is 10.5 Å². The van der Waals surface area contributed by atoms with E-state index in [1.165, 1.54) is 47.7 Å². The van der Waals surface area contributed by atoms with Crippen molar-refractivity contribution in [1.82, 2.24) is 15.6 Å². The third-order valence-corrected chi connectivity index (χ3v) is 14.3. The number of rotatable bonds is 24. The molecule has 6 atom stereocenters. The Morgan fingerprint density at radius 2 is 1.67 bits per heavy atom. The van der Waals surface area contributed by atoms with E-state index in [1.54, 1.807) is 6.20 Å². The zero-order chi connectivity index (χ0) is 46.3. The van der Waals surface area contributed by atoms with Gasteiger partial charge >= 0.3 is 0 Å². The lowest BCUT2D eigenvalue weighted by atomic mass is 9.60. The molecule has 3 aromatic carbocycles. The molecule has 1 aliphatic carbocycles. The summed E-state index contributed by atoms with van der Waals surface area (Å²) < 4.78 is 5.32. The molecule has 0 spiro atoms. The summed E-state index contributed by atoms with van der Waals surface area (Å²) in [4.78, 5) is 31.3. The van der Waals surface area contributed by atoms with Crippen LogP contribution >= 0.6 is 0 Å². The molecule has 1 aromatic heterocycles. The minimum absolute atomic E-state index is 0.00664. The second-order valence-corrected chi connectivity index (χ2v) is 18.8. The highest BCUT2D eigenvalue weighted by Gasteiger charge is 2.45. The van der Waals surface area contributed by atoms with Crippen LogP contribution in [0.5, 0.6) is 11.5 Å². The molecule has 0 unspecified atom stereocenters. The molecule has 1 saturated heterocycles. The molecule has 8 N–H and O–H groups in total. The van der Waals surface area contributed by atoms with Gasteiger partial charge in [-0.2, -0.15) is 0 Å². The molecule has 1 saturated carbocycles. The van der Waals surface area contributed by atoms with Gasteiger partial charge < -0.3 is 41.5 Å². The molecule has 0 radical (unpaired) electrons. The molecular weight excluding hydrogens is 829 g/mol. The molecule has 2 fully saturated rings. The molecular formula is C55H70N4O7. The van der Waals surface area contributed by atoms with Crippen LogP contribution in [0.3, 0.4) is 0 Å². The van der Waals surface area contributed by atoms with Crippen LogP contribution in [-0.2, 0) is 41.7 Å². The molecule has 0 amide bonds. The van der Waals surface area contributed by atoms with Crippen LogP contribution in [0.1, 0.15) is 96.7 Å². The fourth-order valence-electron chi connectivity index (χ4n) is 11.1. The van der Waals surface area contributed by atoms with E-state index in [-0.39, 0.29) is 48.7 Å². The number of Topliss-reactive ketones (excluding diaryl/α,β-unsaturated/α-hetero) is 1. The van der Waals surface area contributed by atoms with E-state index in [0.717, 1.165) is 75.7 Å². The number of nitrogens with zero attached hydrogens (tertiary/aromatic N) is 1. The first kappa shape index (κ1) is 48.8. The van der Waals surface area contributed by atoms with Gasteiger partial charge in [-0.3, -0.25) is 9.59 Å². The highest BCUT2D eigenvalue weighted by Crippen LogP contribution is 2.46. The van der Waals surface area contributed by atoms with Crippen LogP contribution < -0.4 is 21.1 Å². The quantitative estimate of drug-likeness (QED) is 0.0165. The molecule has 3 aliphatic rings. The molecule has 7 rings (SSSR count). The number of allylic oxidation sites excluding steroid dienone is 1. The topological polar surface area (TPSA) is 187 Å². The third-order valence-electron chi connectivity index (χ3n) is 14.3. The van der Waals surface area contributed by atoms with Crippen LogP contribution in [0.4, 0.5) is 5.82 Å². The van der Waals surface area contributed by atoms with Crippen molar-refractivity contribution in [3.63, 3.8) is 0 Å². The fraction of sp³-hybridized carbons (Fsp3) is 0.473. The van der Waals surface area contributed by atoms with Crippen LogP contribution in [0, 0.1) is 29.6 Å².